The summed E-state index contributed by atoms with van der Waals surface area (Å²) >= 11 is 1.35. The van der Waals surface area contributed by atoms with Crippen molar-refractivity contribution in [1.82, 2.24) is 0 Å². The van der Waals surface area contributed by atoms with Gasteiger partial charge in [0.1, 0.15) is 6.07 Å². The van der Waals surface area contributed by atoms with E-state index in [1.54, 1.807) is 6.07 Å². The van der Waals surface area contributed by atoms with Gasteiger partial charge in [-0.1, -0.05) is 48.5 Å². The van der Waals surface area contributed by atoms with Gasteiger partial charge in [-0.25, -0.2) is 0 Å². The Balaban J connectivity index is 1.79. The molecule has 0 saturated carbocycles. The lowest BCUT2D eigenvalue weighted by atomic mass is 9.83. The molecule has 0 unspecified atom stereocenters. The van der Waals surface area contributed by atoms with E-state index in [-0.39, 0.29) is 18.1 Å². The van der Waals surface area contributed by atoms with E-state index in [0.29, 0.717) is 11.1 Å². The fourth-order valence-corrected chi connectivity index (χ4v) is 4.12. The number of hydrogen-bond acceptors (Lipinski definition) is 5. The van der Waals surface area contributed by atoms with E-state index in [2.05, 4.69) is 0 Å². The van der Waals surface area contributed by atoms with Crippen LogP contribution in [0.15, 0.2) is 59.5 Å². The SMILES string of the molecule is N#CCOC(=O)CSc1ccc2c3c(cccc13)C(=O)c1ccccc1-2. The predicted octanol–water partition coefficient (Wildman–Crippen LogP) is 4.21. The second-order valence-electron chi connectivity index (χ2n) is 5.82. The highest BCUT2D eigenvalue weighted by atomic mass is 32.2. The van der Waals surface area contributed by atoms with Gasteiger partial charge in [0, 0.05) is 21.4 Å². The van der Waals surface area contributed by atoms with Crippen molar-refractivity contribution in [3.63, 3.8) is 0 Å². The van der Waals surface area contributed by atoms with Crippen molar-refractivity contribution in [3.8, 4) is 17.2 Å². The number of rotatable bonds is 4. The molecule has 0 N–H and O–H groups in total. The van der Waals surface area contributed by atoms with Crippen LogP contribution in [0.2, 0.25) is 0 Å². The summed E-state index contributed by atoms with van der Waals surface area (Å²) in [5, 5.41) is 10.3. The maximum Gasteiger partial charge on any atom is 0.317 e. The predicted molar refractivity (Wildman–Crippen MR) is 100 cm³/mol. The summed E-state index contributed by atoms with van der Waals surface area (Å²) in [6, 6.07) is 19.0. The summed E-state index contributed by atoms with van der Waals surface area (Å²) in [4.78, 5) is 25.5. The zero-order chi connectivity index (χ0) is 18.1. The molecule has 1 aliphatic rings. The highest BCUT2D eigenvalue weighted by Crippen LogP contribution is 2.42. The van der Waals surface area contributed by atoms with Gasteiger partial charge in [-0.2, -0.15) is 5.26 Å². The summed E-state index contributed by atoms with van der Waals surface area (Å²) in [6.07, 6.45) is 0. The summed E-state index contributed by atoms with van der Waals surface area (Å²) in [5.41, 5.74) is 3.37. The molecule has 1 aliphatic carbocycles. The Morgan fingerprint density at radius 2 is 1.73 bits per heavy atom. The van der Waals surface area contributed by atoms with Crippen LogP contribution in [0, 0.1) is 11.3 Å². The number of benzene rings is 3. The highest BCUT2D eigenvalue weighted by molar-refractivity contribution is 8.00. The van der Waals surface area contributed by atoms with Crippen LogP contribution in [0.25, 0.3) is 21.9 Å². The minimum absolute atomic E-state index is 0.0225. The van der Waals surface area contributed by atoms with E-state index in [1.165, 1.54) is 11.8 Å². The number of ether oxygens (including phenoxy) is 1. The smallest absolute Gasteiger partial charge is 0.317 e. The van der Waals surface area contributed by atoms with Gasteiger partial charge in [-0.15, -0.1) is 11.8 Å². The normalized spacial score (nSPS) is 11.7. The Hall–Kier alpha value is -3.10. The first-order valence-corrected chi connectivity index (χ1v) is 9.04. The number of nitriles is 1. The Morgan fingerprint density at radius 1 is 0.962 bits per heavy atom. The van der Waals surface area contributed by atoms with E-state index in [9.17, 15) is 9.59 Å². The molecule has 0 fully saturated rings. The molecule has 0 aliphatic heterocycles. The van der Waals surface area contributed by atoms with Gasteiger partial charge in [-0.05, 0) is 22.6 Å². The fraction of sp³-hybridized carbons (Fsp3) is 0.0952. The van der Waals surface area contributed by atoms with Gasteiger partial charge >= 0.3 is 5.97 Å². The van der Waals surface area contributed by atoms with Gasteiger partial charge in [0.15, 0.2) is 12.4 Å². The standard InChI is InChI=1S/C21H13NO3S/c22-10-11-25-19(23)12-26-18-9-8-14-13-4-1-2-5-15(13)21(24)17-7-3-6-16(18)20(14)17/h1-9H,11-12H2. The zero-order valence-electron chi connectivity index (χ0n) is 13.7. The number of hydrogen-bond donors (Lipinski definition) is 0. The number of nitrogens with zero attached hydrogens (tertiary/aromatic N) is 1. The average Bonchev–Trinajstić information content (AvgIpc) is 2.69. The Bertz CT molecular complexity index is 1100. The van der Waals surface area contributed by atoms with Crippen molar-refractivity contribution in [1.29, 1.82) is 5.26 Å². The number of fused-ring (bicyclic) bond motifs is 2. The minimum Gasteiger partial charge on any atom is -0.450 e. The third-order valence-corrected chi connectivity index (χ3v) is 5.40. The van der Waals surface area contributed by atoms with Crippen LogP contribution in [0.3, 0.4) is 0 Å². The average molecular weight is 359 g/mol. The third kappa shape index (κ3) is 2.65. The first-order chi connectivity index (χ1) is 12.7. The third-order valence-electron chi connectivity index (χ3n) is 4.35. The molecule has 126 valence electrons. The lowest BCUT2D eigenvalue weighted by Crippen LogP contribution is -2.10. The molecular formula is C21H13NO3S. The largest absolute Gasteiger partial charge is 0.450 e. The molecule has 0 aromatic heterocycles. The summed E-state index contributed by atoms with van der Waals surface area (Å²) in [6.45, 7) is -0.242. The molecule has 5 heteroatoms. The molecule has 0 bridgehead atoms. The molecule has 0 amide bonds. The molecule has 0 spiro atoms. The maximum atomic E-state index is 12.9. The van der Waals surface area contributed by atoms with E-state index in [1.807, 2.05) is 54.6 Å². The molecule has 4 rings (SSSR count). The second kappa shape index (κ2) is 6.66. The van der Waals surface area contributed by atoms with E-state index in [4.69, 9.17) is 10.00 Å². The van der Waals surface area contributed by atoms with Crippen LogP contribution < -0.4 is 0 Å². The monoisotopic (exact) mass is 359 g/mol. The van der Waals surface area contributed by atoms with Gasteiger partial charge in [0.05, 0.1) is 5.75 Å². The number of carbonyl (C=O) groups is 2. The Morgan fingerprint density at radius 3 is 2.54 bits per heavy atom. The number of thioether (sulfide) groups is 1. The quantitative estimate of drug-likeness (QED) is 0.403. The summed E-state index contributed by atoms with van der Waals surface area (Å²) in [7, 11) is 0. The van der Waals surface area contributed by atoms with E-state index in [0.717, 1.165) is 26.8 Å². The van der Waals surface area contributed by atoms with Crippen molar-refractivity contribution in [2.45, 2.75) is 4.90 Å². The molecule has 3 aromatic carbocycles. The molecule has 4 nitrogen and oxygen atoms in total. The molecule has 0 radical (unpaired) electrons. The number of ketones is 1. The lowest BCUT2D eigenvalue weighted by Gasteiger charge is -2.21. The van der Waals surface area contributed by atoms with Crippen LogP contribution in [0.5, 0.6) is 0 Å². The highest BCUT2D eigenvalue weighted by Gasteiger charge is 2.25. The van der Waals surface area contributed by atoms with Crippen LogP contribution in [0.1, 0.15) is 15.9 Å². The Labute approximate surface area is 154 Å². The van der Waals surface area contributed by atoms with E-state index >= 15 is 0 Å². The van der Waals surface area contributed by atoms with Crippen molar-refractivity contribution < 1.29 is 14.3 Å². The van der Waals surface area contributed by atoms with Crippen LogP contribution >= 0.6 is 11.8 Å². The fourth-order valence-electron chi connectivity index (χ4n) is 3.27. The zero-order valence-corrected chi connectivity index (χ0v) is 14.5. The van der Waals surface area contributed by atoms with Gasteiger partial charge < -0.3 is 4.74 Å². The van der Waals surface area contributed by atoms with Gasteiger partial charge in [0.25, 0.3) is 0 Å². The van der Waals surface area contributed by atoms with Gasteiger partial charge in [0.2, 0.25) is 0 Å². The Kier molecular flexibility index (Phi) is 4.19. The topological polar surface area (TPSA) is 67.2 Å². The summed E-state index contributed by atoms with van der Waals surface area (Å²) < 4.78 is 4.79. The number of carbonyl (C=O) groups excluding carboxylic acids is 2. The van der Waals surface area contributed by atoms with Crippen molar-refractivity contribution in [3.05, 3.63) is 65.7 Å². The first-order valence-electron chi connectivity index (χ1n) is 8.06. The summed E-state index contributed by atoms with van der Waals surface area (Å²) in [5.74, 6) is -0.294. The number of esters is 1. The van der Waals surface area contributed by atoms with Crippen LogP contribution in [-0.2, 0) is 9.53 Å². The lowest BCUT2D eigenvalue weighted by molar-refractivity contribution is -0.139. The first kappa shape index (κ1) is 16.4. The molecule has 3 aromatic rings. The van der Waals surface area contributed by atoms with Crippen molar-refractivity contribution >= 4 is 34.3 Å². The maximum absolute atomic E-state index is 12.9. The molecule has 0 atom stereocenters. The van der Waals surface area contributed by atoms with Crippen LogP contribution in [0.4, 0.5) is 0 Å². The van der Waals surface area contributed by atoms with Gasteiger partial charge in [-0.3, -0.25) is 9.59 Å². The van der Waals surface area contributed by atoms with Crippen molar-refractivity contribution in [2.75, 3.05) is 12.4 Å². The second-order valence-corrected chi connectivity index (χ2v) is 6.84. The van der Waals surface area contributed by atoms with Crippen LogP contribution in [-0.4, -0.2) is 24.1 Å². The molecule has 26 heavy (non-hydrogen) atoms. The van der Waals surface area contributed by atoms with E-state index < -0.39 is 5.97 Å². The van der Waals surface area contributed by atoms with Crippen molar-refractivity contribution in [2.24, 2.45) is 0 Å². The minimum atomic E-state index is -0.432. The molecular weight excluding hydrogens is 346 g/mol. The molecule has 0 saturated heterocycles. The molecule has 0 heterocycles.